The molecule has 0 aliphatic carbocycles. The zero-order chi connectivity index (χ0) is 18.2. The van der Waals surface area contributed by atoms with Crippen molar-refractivity contribution in [3.8, 4) is 0 Å². The lowest BCUT2D eigenvalue weighted by atomic mass is 10.1. The van der Waals surface area contributed by atoms with Crippen LogP contribution in [0.5, 0.6) is 0 Å². The molecule has 2 N–H and O–H groups in total. The Bertz CT molecular complexity index is 680. The quantitative estimate of drug-likeness (QED) is 0.570. The summed E-state index contributed by atoms with van der Waals surface area (Å²) in [5.74, 6) is 2.28. The molecular weight excluding hydrogens is 350 g/mol. The molecular formula is C20H26ClN3O2. The van der Waals surface area contributed by atoms with Crippen LogP contribution in [-0.2, 0) is 11.2 Å². The summed E-state index contributed by atoms with van der Waals surface area (Å²) in [6, 6.07) is 11.9. The van der Waals surface area contributed by atoms with Crippen LogP contribution in [0.2, 0.25) is 5.02 Å². The van der Waals surface area contributed by atoms with Crippen molar-refractivity contribution in [2.24, 2.45) is 10.9 Å². The Balaban J connectivity index is 1.58. The maximum absolute atomic E-state index is 5.98. The average molecular weight is 376 g/mol. The molecule has 5 nitrogen and oxygen atoms in total. The predicted molar refractivity (Wildman–Crippen MR) is 105 cm³/mol. The van der Waals surface area contributed by atoms with Crippen LogP contribution in [0.1, 0.15) is 30.7 Å². The van der Waals surface area contributed by atoms with Crippen molar-refractivity contribution in [1.82, 2.24) is 10.6 Å². The Morgan fingerprint density at radius 1 is 1.31 bits per heavy atom. The van der Waals surface area contributed by atoms with E-state index in [1.807, 2.05) is 36.4 Å². The van der Waals surface area contributed by atoms with Crippen LogP contribution in [0.3, 0.4) is 0 Å². The second-order valence-corrected chi connectivity index (χ2v) is 7.03. The highest BCUT2D eigenvalue weighted by Gasteiger charge is 2.16. The van der Waals surface area contributed by atoms with E-state index in [2.05, 4.69) is 17.6 Å². The Morgan fingerprint density at radius 2 is 2.15 bits per heavy atom. The largest absolute Gasteiger partial charge is 0.469 e. The van der Waals surface area contributed by atoms with Crippen molar-refractivity contribution in [2.75, 3.05) is 26.3 Å². The third-order valence-corrected chi connectivity index (χ3v) is 4.75. The highest BCUT2D eigenvalue weighted by atomic mass is 35.5. The van der Waals surface area contributed by atoms with Gasteiger partial charge in [0.2, 0.25) is 0 Å². The molecule has 0 bridgehead atoms. The summed E-state index contributed by atoms with van der Waals surface area (Å²) in [5, 5.41) is 7.63. The fraction of sp³-hybridized carbons (Fsp3) is 0.450. The Hall–Kier alpha value is -1.98. The number of hydrogen-bond acceptors (Lipinski definition) is 3. The second-order valence-electron chi connectivity index (χ2n) is 6.59. The molecule has 1 aliphatic rings. The van der Waals surface area contributed by atoms with Crippen molar-refractivity contribution >= 4 is 17.6 Å². The summed E-state index contributed by atoms with van der Waals surface area (Å²) < 4.78 is 10.8. The first-order chi connectivity index (χ1) is 12.7. The minimum Gasteiger partial charge on any atom is -0.469 e. The normalized spacial score (nSPS) is 18.7. The van der Waals surface area contributed by atoms with Gasteiger partial charge in [-0.3, -0.25) is 4.99 Å². The fourth-order valence-corrected chi connectivity index (χ4v) is 3.03. The van der Waals surface area contributed by atoms with Crippen LogP contribution >= 0.6 is 11.6 Å². The lowest BCUT2D eigenvalue weighted by Gasteiger charge is -2.19. The number of aliphatic imine (C=N–C) groups is 1. The van der Waals surface area contributed by atoms with Crippen LogP contribution in [0, 0.1) is 5.92 Å². The minimum atomic E-state index is 0.127. The summed E-state index contributed by atoms with van der Waals surface area (Å²) in [6.07, 6.45) is 3.59. The van der Waals surface area contributed by atoms with Crippen molar-refractivity contribution in [2.45, 2.75) is 25.8 Å². The highest BCUT2D eigenvalue weighted by molar-refractivity contribution is 6.30. The van der Waals surface area contributed by atoms with E-state index in [4.69, 9.17) is 25.7 Å². The average Bonchev–Trinajstić information content (AvgIpc) is 3.34. The number of halogens is 1. The third-order valence-electron chi connectivity index (χ3n) is 4.50. The zero-order valence-electron chi connectivity index (χ0n) is 15.1. The molecule has 140 valence electrons. The van der Waals surface area contributed by atoms with Gasteiger partial charge in [-0.2, -0.15) is 0 Å². The van der Waals surface area contributed by atoms with Gasteiger partial charge < -0.3 is 19.8 Å². The van der Waals surface area contributed by atoms with E-state index in [1.165, 1.54) is 5.56 Å². The molecule has 1 aromatic heterocycles. The van der Waals surface area contributed by atoms with Gasteiger partial charge in [0.25, 0.3) is 0 Å². The molecule has 2 aromatic rings. The van der Waals surface area contributed by atoms with Gasteiger partial charge in [-0.15, -0.1) is 0 Å². The van der Waals surface area contributed by atoms with Gasteiger partial charge in [0.05, 0.1) is 18.9 Å². The van der Waals surface area contributed by atoms with Gasteiger partial charge in [-0.05, 0) is 43.2 Å². The monoisotopic (exact) mass is 375 g/mol. The number of nitrogens with zero attached hydrogens (tertiary/aromatic N) is 1. The van der Waals surface area contributed by atoms with E-state index in [-0.39, 0.29) is 6.04 Å². The first-order valence-electron chi connectivity index (χ1n) is 9.11. The number of guanidine groups is 1. The topological polar surface area (TPSA) is 58.8 Å². The number of benzene rings is 1. The van der Waals surface area contributed by atoms with Crippen molar-refractivity contribution in [3.63, 3.8) is 0 Å². The van der Waals surface area contributed by atoms with Gasteiger partial charge >= 0.3 is 0 Å². The first kappa shape index (κ1) is 18.8. The summed E-state index contributed by atoms with van der Waals surface area (Å²) in [7, 11) is 0. The van der Waals surface area contributed by atoms with E-state index in [1.54, 1.807) is 6.26 Å². The number of hydrogen-bond donors (Lipinski definition) is 2. The first-order valence-corrected chi connectivity index (χ1v) is 9.49. The number of rotatable bonds is 7. The van der Waals surface area contributed by atoms with Gasteiger partial charge in [-0.25, -0.2) is 0 Å². The Labute approximate surface area is 159 Å². The molecule has 2 atom stereocenters. The van der Waals surface area contributed by atoms with Crippen LogP contribution in [0.4, 0.5) is 0 Å². The van der Waals surface area contributed by atoms with Gasteiger partial charge in [0, 0.05) is 37.1 Å². The molecule has 0 amide bonds. The number of nitrogens with one attached hydrogen (secondary N) is 2. The summed E-state index contributed by atoms with van der Waals surface area (Å²) in [5.41, 5.74) is 1.17. The molecule has 2 heterocycles. The maximum Gasteiger partial charge on any atom is 0.191 e. The molecule has 3 rings (SSSR count). The molecule has 1 aromatic carbocycles. The molecule has 1 aliphatic heterocycles. The molecule has 2 unspecified atom stereocenters. The Kier molecular flexibility index (Phi) is 6.97. The summed E-state index contributed by atoms with van der Waals surface area (Å²) in [6.45, 7) is 5.29. The predicted octanol–water partition coefficient (Wildman–Crippen LogP) is 3.81. The maximum atomic E-state index is 5.98. The van der Waals surface area contributed by atoms with Gasteiger partial charge in [0.1, 0.15) is 5.76 Å². The molecule has 0 radical (unpaired) electrons. The molecule has 0 saturated carbocycles. The van der Waals surface area contributed by atoms with Crippen LogP contribution < -0.4 is 10.6 Å². The van der Waals surface area contributed by atoms with Crippen molar-refractivity contribution in [3.05, 3.63) is 59.0 Å². The lowest BCUT2D eigenvalue weighted by molar-refractivity contribution is 0.187. The van der Waals surface area contributed by atoms with Crippen LogP contribution in [0.15, 0.2) is 52.1 Å². The van der Waals surface area contributed by atoms with Crippen molar-refractivity contribution in [1.29, 1.82) is 0 Å². The SMILES string of the molecule is CC(NC(=NCC1CCOC1)NCCc1ccco1)c1ccc(Cl)cc1. The van der Waals surface area contributed by atoms with Crippen LogP contribution in [-0.4, -0.2) is 32.3 Å². The minimum absolute atomic E-state index is 0.127. The smallest absolute Gasteiger partial charge is 0.191 e. The van der Waals surface area contributed by atoms with Gasteiger partial charge in [-0.1, -0.05) is 23.7 Å². The van der Waals surface area contributed by atoms with E-state index in [0.29, 0.717) is 5.92 Å². The van der Waals surface area contributed by atoms with Crippen LogP contribution in [0.25, 0.3) is 0 Å². The molecule has 6 heteroatoms. The van der Waals surface area contributed by atoms with E-state index in [0.717, 1.165) is 55.9 Å². The van der Waals surface area contributed by atoms with E-state index in [9.17, 15) is 0 Å². The van der Waals surface area contributed by atoms with Crippen molar-refractivity contribution < 1.29 is 9.15 Å². The Morgan fingerprint density at radius 3 is 2.85 bits per heavy atom. The molecule has 26 heavy (non-hydrogen) atoms. The lowest BCUT2D eigenvalue weighted by Crippen LogP contribution is -2.40. The third kappa shape index (κ3) is 5.78. The number of ether oxygens (including phenoxy) is 1. The van der Waals surface area contributed by atoms with E-state index < -0.39 is 0 Å². The highest BCUT2D eigenvalue weighted by Crippen LogP contribution is 2.16. The molecule has 1 fully saturated rings. The van der Waals surface area contributed by atoms with Gasteiger partial charge in [0.15, 0.2) is 5.96 Å². The zero-order valence-corrected chi connectivity index (χ0v) is 15.8. The summed E-state index contributed by atoms with van der Waals surface area (Å²) >= 11 is 5.98. The van der Waals surface area contributed by atoms with E-state index >= 15 is 0 Å². The standard InChI is InChI=1S/C20H26ClN3O2/c1-15(17-4-6-18(21)7-5-17)24-20(23-13-16-9-12-25-14-16)22-10-8-19-3-2-11-26-19/h2-7,11,15-16H,8-10,12-14H2,1H3,(H2,22,23,24). The molecule has 0 spiro atoms. The second kappa shape index (κ2) is 9.64. The fourth-order valence-electron chi connectivity index (χ4n) is 2.90. The number of furan rings is 1. The summed E-state index contributed by atoms with van der Waals surface area (Å²) in [4.78, 5) is 4.77. The molecule has 1 saturated heterocycles.